The van der Waals surface area contributed by atoms with Crippen LogP contribution >= 0.6 is 0 Å². The Morgan fingerprint density at radius 2 is 1.67 bits per heavy atom. The topological polar surface area (TPSA) is 106 Å². The van der Waals surface area contributed by atoms with Gasteiger partial charge in [-0.3, -0.25) is 14.2 Å². The number of nitrogens with one attached hydrogen (secondary N) is 2. The molecule has 2 N–H and O–H groups in total. The van der Waals surface area contributed by atoms with Gasteiger partial charge in [-0.15, -0.1) is 0 Å². The van der Waals surface area contributed by atoms with E-state index in [1.54, 1.807) is 23.1 Å². The zero-order chi connectivity index (χ0) is 23.3. The molecule has 0 radical (unpaired) electrons. The van der Waals surface area contributed by atoms with Gasteiger partial charge in [-0.25, -0.2) is 13.4 Å². The lowest BCUT2D eigenvalue weighted by Gasteiger charge is -2.19. The zero-order valence-electron chi connectivity index (χ0n) is 17.9. The van der Waals surface area contributed by atoms with E-state index in [2.05, 4.69) is 20.1 Å². The van der Waals surface area contributed by atoms with Crippen LogP contribution in [0.25, 0.3) is 0 Å². The molecule has 0 spiro atoms. The number of sulfonamides is 1. The van der Waals surface area contributed by atoms with Crippen molar-refractivity contribution in [1.29, 1.82) is 0 Å². The summed E-state index contributed by atoms with van der Waals surface area (Å²) in [5.74, 6) is -0.320. The van der Waals surface area contributed by atoms with Crippen LogP contribution in [0.1, 0.15) is 27.5 Å². The molecule has 33 heavy (non-hydrogen) atoms. The number of carbonyl (C=O) groups is 1. The van der Waals surface area contributed by atoms with Crippen LogP contribution in [0.4, 0.5) is 5.69 Å². The molecule has 4 rings (SSSR count). The van der Waals surface area contributed by atoms with E-state index in [1.807, 2.05) is 49.4 Å². The highest BCUT2D eigenvalue weighted by molar-refractivity contribution is 7.92. The van der Waals surface area contributed by atoms with Gasteiger partial charge in [0.05, 0.1) is 23.2 Å². The molecule has 9 heteroatoms. The number of rotatable bonds is 8. The van der Waals surface area contributed by atoms with Gasteiger partial charge in [-0.2, -0.15) is 5.10 Å². The normalized spacial score (nSPS) is 12.2. The monoisotopic (exact) mass is 461 g/mol. The molecular formula is C24H23N5O3S. The number of para-hydroxylation sites is 1. The first-order valence-electron chi connectivity index (χ1n) is 10.3. The van der Waals surface area contributed by atoms with Crippen molar-refractivity contribution in [3.05, 3.63) is 108 Å². The molecule has 0 aliphatic rings. The van der Waals surface area contributed by atoms with Gasteiger partial charge in [0.1, 0.15) is 12.7 Å². The van der Waals surface area contributed by atoms with Gasteiger partial charge in [0, 0.05) is 5.56 Å². The first-order chi connectivity index (χ1) is 15.9. The summed E-state index contributed by atoms with van der Waals surface area (Å²) in [4.78, 5) is 17.0. The smallest absolute Gasteiger partial charge is 0.261 e. The highest BCUT2D eigenvalue weighted by Gasteiger charge is 2.19. The van der Waals surface area contributed by atoms with Crippen LogP contribution in [0, 0.1) is 6.92 Å². The molecule has 0 saturated carbocycles. The fourth-order valence-electron chi connectivity index (χ4n) is 3.35. The predicted octanol–water partition coefficient (Wildman–Crippen LogP) is 3.56. The SMILES string of the molecule is Cc1ccccc1NS(=O)(=O)c1ccc(C(=O)NC(Cn2cncn2)c2ccccc2)cc1. The molecule has 1 amide bonds. The maximum absolute atomic E-state index is 12.9. The van der Waals surface area contributed by atoms with Crippen LogP contribution in [0.3, 0.4) is 0 Å². The molecule has 3 aromatic carbocycles. The van der Waals surface area contributed by atoms with Crippen LogP contribution in [0.2, 0.25) is 0 Å². The number of hydrogen-bond acceptors (Lipinski definition) is 5. The standard InChI is InChI=1S/C24H23N5O3S/c1-18-7-5-6-10-22(18)28-33(31,32)21-13-11-20(12-14-21)24(30)27-23(15-29-17-25-16-26-29)19-8-3-2-4-9-19/h2-14,16-17,23,28H,15H2,1H3,(H,27,30). The Bertz CT molecular complexity index is 1320. The molecule has 0 aliphatic heterocycles. The lowest BCUT2D eigenvalue weighted by molar-refractivity contribution is 0.0931. The Hall–Kier alpha value is -3.98. The molecule has 0 fully saturated rings. The van der Waals surface area contributed by atoms with Crippen LogP contribution in [0.5, 0.6) is 0 Å². The predicted molar refractivity (Wildman–Crippen MR) is 125 cm³/mol. The average molecular weight is 462 g/mol. The van der Waals surface area contributed by atoms with Gasteiger partial charge in [0.15, 0.2) is 0 Å². The number of nitrogens with zero attached hydrogens (tertiary/aromatic N) is 3. The summed E-state index contributed by atoms with van der Waals surface area (Å²) in [5.41, 5.74) is 2.60. The van der Waals surface area contributed by atoms with Crippen molar-refractivity contribution in [3.63, 3.8) is 0 Å². The highest BCUT2D eigenvalue weighted by atomic mass is 32.2. The van der Waals surface area contributed by atoms with E-state index in [9.17, 15) is 13.2 Å². The summed E-state index contributed by atoms with van der Waals surface area (Å²) >= 11 is 0. The van der Waals surface area contributed by atoms with E-state index in [0.717, 1.165) is 11.1 Å². The van der Waals surface area contributed by atoms with Crippen molar-refractivity contribution in [3.8, 4) is 0 Å². The summed E-state index contributed by atoms with van der Waals surface area (Å²) < 4.78 is 29.7. The first-order valence-corrected chi connectivity index (χ1v) is 11.8. The number of aryl methyl sites for hydroxylation is 1. The van der Waals surface area contributed by atoms with Crippen LogP contribution in [0.15, 0.2) is 96.4 Å². The molecule has 0 saturated heterocycles. The molecule has 0 aliphatic carbocycles. The number of anilines is 1. The maximum Gasteiger partial charge on any atom is 0.261 e. The van der Waals surface area contributed by atoms with Gasteiger partial charge >= 0.3 is 0 Å². The maximum atomic E-state index is 12.9. The molecule has 1 unspecified atom stereocenters. The van der Waals surface area contributed by atoms with Crippen LogP contribution < -0.4 is 10.0 Å². The first kappa shape index (κ1) is 22.2. The van der Waals surface area contributed by atoms with Crippen molar-refractivity contribution in [2.24, 2.45) is 0 Å². The second kappa shape index (κ2) is 9.66. The van der Waals surface area contributed by atoms with Gasteiger partial charge in [-0.05, 0) is 48.4 Å². The average Bonchev–Trinajstić information content (AvgIpc) is 3.34. The lowest BCUT2D eigenvalue weighted by atomic mass is 10.1. The largest absolute Gasteiger partial charge is 0.343 e. The highest BCUT2D eigenvalue weighted by Crippen LogP contribution is 2.20. The summed E-state index contributed by atoms with van der Waals surface area (Å²) in [7, 11) is -3.78. The minimum atomic E-state index is -3.78. The van der Waals surface area contributed by atoms with E-state index in [4.69, 9.17) is 0 Å². The van der Waals surface area contributed by atoms with E-state index in [-0.39, 0.29) is 16.8 Å². The van der Waals surface area contributed by atoms with E-state index >= 15 is 0 Å². The molecule has 168 valence electrons. The minimum Gasteiger partial charge on any atom is -0.343 e. The summed E-state index contributed by atoms with van der Waals surface area (Å²) in [6.45, 7) is 2.23. The quantitative estimate of drug-likeness (QED) is 0.417. The van der Waals surface area contributed by atoms with Crippen molar-refractivity contribution >= 4 is 21.6 Å². The third-order valence-electron chi connectivity index (χ3n) is 5.16. The van der Waals surface area contributed by atoms with E-state index < -0.39 is 10.0 Å². The number of aromatic nitrogens is 3. The molecule has 1 aromatic heterocycles. The van der Waals surface area contributed by atoms with Crippen molar-refractivity contribution in [1.82, 2.24) is 20.1 Å². The van der Waals surface area contributed by atoms with Crippen molar-refractivity contribution < 1.29 is 13.2 Å². The minimum absolute atomic E-state index is 0.0736. The zero-order valence-corrected chi connectivity index (χ0v) is 18.7. The third-order valence-corrected chi connectivity index (χ3v) is 6.54. The van der Waals surface area contributed by atoms with E-state index in [1.165, 1.54) is 30.6 Å². The van der Waals surface area contributed by atoms with Gasteiger partial charge < -0.3 is 5.32 Å². The van der Waals surface area contributed by atoms with Crippen LogP contribution in [-0.4, -0.2) is 29.1 Å². The number of amides is 1. The Labute approximate surface area is 192 Å². The second-order valence-corrected chi connectivity index (χ2v) is 9.18. The Kier molecular flexibility index (Phi) is 6.50. The summed E-state index contributed by atoms with van der Waals surface area (Å²) in [6.07, 6.45) is 3.03. The number of benzene rings is 3. The van der Waals surface area contributed by atoms with Gasteiger partial charge in [0.25, 0.3) is 15.9 Å². The molecule has 1 atom stereocenters. The fourth-order valence-corrected chi connectivity index (χ4v) is 4.48. The van der Waals surface area contributed by atoms with Crippen molar-refractivity contribution in [2.45, 2.75) is 24.4 Å². The van der Waals surface area contributed by atoms with Crippen LogP contribution in [-0.2, 0) is 16.6 Å². The second-order valence-electron chi connectivity index (χ2n) is 7.50. The Morgan fingerprint density at radius 1 is 0.970 bits per heavy atom. The molecule has 4 aromatic rings. The van der Waals surface area contributed by atoms with Gasteiger partial charge in [0.2, 0.25) is 0 Å². The molecule has 8 nitrogen and oxygen atoms in total. The Balaban J connectivity index is 1.50. The summed E-state index contributed by atoms with van der Waals surface area (Å²) in [6, 6.07) is 22.2. The number of hydrogen-bond donors (Lipinski definition) is 2. The molecule has 1 heterocycles. The third kappa shape index (κ3) is 5.45. The summed E-state index contributed by atoms with van der Waals surface area (Å²) in [5, 5.41) is 7.12. The molecule has 0 bridgehead atoms. The van der Waals surface area contributed by atoms with E-state index in [0.29, 0.717) is 17.8 Å². The molecular weight excluding hydrogens is 438 g/mol. The number of carbonyl (C=O) groups excluding carboxylic acids is 1. The fraction of sp³-hybridized carbons (Fsp3) is 0.125. The van der Waals surface area contributed by atoms with Gasteiger partial charge in [-0.1, -0.05) is 48.5 Å². The van der Waals surface area contributed by atoms with Crippen molar-refractivity contribution in [2.75, 3.05) is 4.72 Å². The Morgan fingerprint density at radius 3 is 2.33 bits per heavy atom. The lowest BCUT2D eigenvalue weighted by Crippen LogP contribution is -2.31.